The Kier molecular flexibility index (Phi) is 3.88. The summed E-state index contributed by atoms with van der Waals surface area (Å²) in [7, 11) is 0. The summed E-state index contributed by atoms with van der Waals surface area (Å²) in [5.41, 5.74) is 3.53. The van der Waals surface area contributed by atoms with Crippen LogP contribution in [0.2, 0.25) is 0 Å². The van der Waals surface area contributed by atoms with Crippen molar-refractivity contribution in [2.75, 3.05) is 0 Å². The van der Waals surface area contributed by atoms with Crippen LogP contribution in [0.1, 0.15) is 21.1 Å². The summed E-state index contributed by atoms with van der Waals surface area (Å²) in [4.78, 5) is 20.9. The Labute approximate surface area is 127 Å². The van der Waals surface area contributed by atoms with E-state index in [1.165, 1.54) is 11.3 Å². The van der Waals surface area contributed by atoms with E-state index >= 15 is 0 Å². The van der Waals surface area contributed by atoms with Crippen LogP contribution < -0.4 is 0 Å². The Morgan fingerprint density at radius 2 is 2.00 bits per heavy atom. The number of benzene rings is 1. The number of aryl methyl sites for hydroxylation is 1. The number of nitrogens with zero attached hydrogens (tertiary/aromatic N) is 2. The van der Waals surface area contributed by atoms with E-state index in [-0.39, 0.29) is 5.78 Å². The Bertz CT molecular complexity index is 765. The summed E-state index contributed by atoms with van der Waals surface area (Å²) in [6.07, 6.45) is 1.97. The lowest BCUT2D eigenvalue weighted by Gasteiger charge is -1.99. The third-order valence-corrected chi connectivity index (χ3v) is 3.98. The van der Waals surface area contributed by atoms with Gasteiger partial charge in [0.2, 0.25) is 0 Å². The lowest BCUT2D eigenvalue weighted by atomic mass is 10.1. The predicted molar refractivity (Wildman–Crippen MR) is 84.6 cm³/mol. The number of thiazole rings is 1. The van der Waals surface area contributed by atoms with Crippen LogP contribution in [0.4, 0.5) is 0 Å². The average Bonchev–Trinajstić information content (AvgIpc) is 2.97. The molecule has 0 spiro atoms. The Hall–Kier alpha value is -2.33. The fourth-order valence-corrected chi connectivity index (χ4v) is 2.85. The standard InChI is InChI=1S/C17H14N2OS/c1-12-7-8-18-14(9-12)16(20)10-17-19-15(11-21-17)13-5-3-2-4-6-13/h2-9,11H,10H2,1H3. The topological polar surface area (TPSA) is 42.9 Å². The molecule has 2 aromatic heterocycles. The summed E-state index contributed by atoms with van der Waals surface area (Å²) in [5.74, 6) is 0.00709. The molecule has 0 bridgehead atoms. The number of ketones is 1. The summed E-state index contributed by atoms with van der Waals surface area (Å²) >= 11 is 1.51. The van der Waals surface area contributed by atoms with Crippen molar-refractivity contribution < 1.29 is 4.79 Å². The van der Waals surface area contributed by atoms with Crippen molar-refractivity contribution >= 4 is 17.1 Å². The van der Waals surface area contributed by atoms with Crippen molar-refractivity contribution in [3.63, 3.8) is 0 Å². The molecule has 0 aliphatic rings. The molecule has 0 aliphatic heterocycles. The average molecular weight is 294 g/mol. The highest BCUT2D eigenvalue weighted by Gasteiger charge is 2.12. The number of carbonyl (C=O) groups is 1. The second-order valence-electron chi connectivity index (χ2n) is 4.81. The first-order chi connectivity index (χ1) is 10.2. The van der Waals surface area contributed by atoms with E-state index in [1.54, 1.807) is 6.20 Å². The second-order valence-corrected chi connectivity index (χ2v) is 5.75. The molecule has 3 aromatic rings. The highest BCUT2D eigenvalue weighted by molar-refractivity contribution is 7.10. The van der Waals surface area contributed by atoms with Gasteiger partial charge in [-0.2, -0.15) is 0 Å². The van der Waals surface area contributed by atoms with Crippen LogP contribution in [0.3, 0.4) is 0 Å². The van der Waals surface area contributed by atoms with Crippen molar-refractivity contribution in [3.05, 3.63) is 70.3 Å². The molecule has 4 heteroatoms. The lowest BCUT2D eigenvalue weighted by Crippen LogP contribution is -2.05. The number of aromatic nitrogens is 2. The Balaban J connectivity index is 1.77. The minimum absolute atomic E-state index is 0.00709. The molecule has 0 amide bonds. The van der Waals surface area contributed by atoms with Gasteiger partial charge in [-0.15, -0.1) is 11.3 Å². The van der Waals surface area contributed by atoms with E-state index < -0.39 is 0 Å². The summed E-state index contributed by atoms with van der Waals surface area (Å²) < 4.78 is 0. The van der Waals surface area contributed by atoms with Gasteiger partial charge >= 0.3 is 0 Å². The molecule has 0 saturated heterocycles. The van der Waals surface area contributed by atoms with E-state index in [0.29, 0.717) is 12.1 Å². The van der Waals surface area contributed by atoms with Gasteiger partial charge < -0.3 is 0 Å². The molecule has 0 aliphatic carbocycles. The van der Waals surface area contributed by atoms with Crippen molar-refractivity contribution in [1.29, 1.82) is 0 Å². The zero-order valence-corrected chi connectivity index (χ0v) is 12.4. The second kappa shape index (κ2) is 5.97. The molecule has 1 aromatic carbocycles. The van der Waals surface area contributed by atoms with Crippen LogP contribution >= 0.6 is 11.3 Å². The smallest absolute Gasteiger partial charge is 0.187 e. The van der Waals surface area contributed by atoms with Crippen molar-refractivity contribution in [2.24, 2.45) is 0 Å². The third kappa shape index (κ3) is 3.23. The first-order valence-corrected chi connectivity index (χ1v) is 7.56. The van der Waals surface area contributed by atoms with Crippen LogP contribution in [-0.4, -0.2) is 15.8 Å². The lowest BCUT2D eigenvalue weighted by molar-refractivity contribution is 0.0988. The highest BCUT2D eigenvalue weighted by Crippen LogP contribution is 2.22. The maximum atomic E-state index is 12.2. The van der Waals surface area contributed by atoms with Gasteiger partial charge in [0.15, 0.2) is 5.78 Å². The number of hydrogen-bond acceptors (Lipinski definition) is 4. The molecule has 0 fully saturated rings. The fraction of sp³-hybridized carbons (Fsp3) is 0.118. The summed E-state index contributed by atoms with van der Waals surface area (Å²) in [5, 5.41) is 2.81. The minimum Gasteiger partial charge on any atom is -0.292 e. The zero-order chi connectivity index (χ0) is 14.7. The van der Waals surface area contributed by atoms with Gasteiger partial charge in [-0.3, -0.25) is 9.78 Å². The van der Waals surface area contributed by atoms with Crippen molar-refractivity contribution in [2.45, 2.75) is 13.3 Å². The Morgan fingerprint density at radius 1 is 1.19 bits per heavy atom. The molecule has 3 nitrogen and oxygen atoms in total. The molecular formula is C17H14N2OS. The first-order valence-electron chi connectivity index (χ1n) is 6.68. The van der Waals surface area contributed by atoms with E-state index in [1.807, 2.05) is 54.8 Å². The van der Waals surface area contributed by atoms with Crippen LogP contribution in [0.5, 0.6) is 0 Å². The molecule has 104 valence electrons. The van der Waals surface area contributed by atoms with Crippen LogP contribution in [0.25, 0.3) is 11.3 Å². The van der Waals surface area contributed by atoms with Crippen LogP contribution in [-0.2, 0) is 6.42 Å². The number of pyridine rings is 1. The van der Waals surface area contributed by atoms with Crippen LogP contribution in [0, 0.1) is 6.92 Å². The van der Waals surface area contributed by atoms with Crippen molar-refractivity contribution in [3.8, 4) is 11.3 Å². The van der Waals surface area contributed by atoms with E-state index in [4.69, 9.17) is 0 Å². The van der Waals surface area contributed by atoms with Crippen LogP contribution in [0.15, 0.2) is 54.0 Å². The number of hydrogen-bond donors (Lipinski definition) is 0. The maximum absolute atomic E-state index is 12.2. The molecule has 0 atom stereocenters. The first kappa shape index (κ1) is 13.6. The number of carbonyl (C=O) groups excluding carboxylic acids is 1. The van der Waals surface area contributed by atoms with Gasteiger partial charge in [-0.05, 0) is 24.6 Å². The number of Topliss-reactive ketones (excluding diaryl/α,β-unsaturated/α-hetero) is 1. The maximum Gasteiger partial charge on any atom is 0.187 e. The monoisotopic (exact) mass is 294 g/mol. The minimum atomic E-state index is 0.00709. The molecule has 3 rings (SSSR count). The summed E-state index contributed by atoms with van der Waals surface area (Å²) in [6.45, 7) is 1.95. The predicted octanol–water partition coefficient (Wildman–Crippen LogP) is 3.94. The summed E-state index contributed by atoms with van der Waals surface area (Å²) in [6, 6.07) is 13.7. The highest BCUT2D eigenvalue weighted by atomic mass is 32.1. The molecular weight excluding hydrogens is 280 g/mol. The van der Waals surface area contributed by atoms with E-state index in [0.717, 1.165) is 21.8 Å². The van der Waals surface area contributed by atoms with Gasteiger partial charge in [0.05, 0.1) is 12.1 Å². The molecule has 0 N–H and O–H groups in total. The van der Waals surface area contributed by atoms with Gasteiger partial charge in [-0.25, -0.2) is 4.98 Å². The molecule has 0 saturated carbocycles. The van der Waals surface area contributed by atoms with Crippen molar-refractivity contribution in [1.82, 2.24) is 9.97 Å². The van der Waals surface area contributed by atoms with Gasteiger partial charge in [0.25, 0.3) is 0 Å². The van der Waals surface area contributed by atoms with E-state index in [9.17, 15) is 4.79 Å². The molecule has 0 unspecified atom stereocenters. The Morgan fingerprint density at radius 3 is 2.76 bits per heavy atom. The van der Waals surface area contributed by atoms with Gasteiger partial charge in [0, 0.05) is 17.1 Å². The normalized spacial score (nSPS) is 10.5. The molecule has 21 heavy (non-hydrogen) atoms. The third-order valence-electron chi connectivity index (χ3n) is 3.13. The van der Waals surface area contributed by atoms with E-state index in [2.05, 4.69) is 9.97 Å². The van der Waals surface area contributed by atoms with Gasteiger partial charge in [-0.1, -0.05) is 30.3 Å². The van der Waals surface area contributed by atoms with Gasteiger partial charge in [0.1, 0.15) is 10.7 Å². The number of rotatable bonds is 4. The molecule has 2 heterocycles. The fourth-order valence-electron chi connectivity index (χ4n) is 2.05. The molecule has 0 radical (unpaired) electrons. The zero-order valence-electron chi connectivity index (χ0n) is 11.6. The quantitative estimate of drug-likeness (QED) is 0.684. The largest absolute Gasteiger partial charge is 0.292 e. The SMILES string of the molecule is Cc1ccnc(C(=O)Cc2nc(-c3ccccc3)cs2)c1.